The van der Waals surface area contributed by atoms with E-state index in [2.05, 4.69) is 5.32 Å². The first-order chi connectivity index (χ1) is 8.65. The van der Waals surface area contributed by atoms with Gasteiger partial charge in [0.25, 0.3) is 0 Å². The molecule has 0 aliphatic carbocycles. The van der Waals surface area contributed by atoms with Gasteiger partial charge in [-0.2, -0.15) is 13.2 Å². The van der Waals surface area contributed by atoms with Crippen LogP contribution in [0.1, 0.15) is 12.5 Å². The highest BCUT2D eigenvalue weighted by atomic mass is 32.2. The minimum Gasteiger partial charge on any atom is -0.384 e. The second-order valence-electron chi connectivity index (χ2n) is 3.86. The smallest absolute Gasteiger partial charge is 0.384 e. The summed E-state index contributed by atoms with van der Waals surface area (Å²) in [5, 5.41) is 2.53. The Kier molecular flexibility index (Phi) is 4.78. The van der Waals surface area contributed by atoms with Crippen LogP contribution in [0.15, 0.2) is 18.2 Å². The van der Waals surface area contributed by atoms with Gasteiger partial charge in [-0.1, -0.05) is 6.92 Å². The normalized spacial score (nSPS) is 12.5. The van der Waals surface area contributed by atoms with Crippen LogP contribution in [0.25, 0.3) is 0 Å². The molecule has 8 heteroatoms. The molecule has 0 atom stereocenters. The maximum atomic E-state index is 13.0. The highest BCUT2D eigenvalue weighted by Gasteiger charge is 2.34. The van der Waals surface area contributed by atoms with E-state index in [4.69, 9.17) is 0 Å². The molecule has 0 aliphatic rings. The summed E-state index contributed by atoms with van der Waals surface area (Å²) in [6.07, 6.45) is -4.78. The van der Waals surface area contributed by atoms with Crippen LogP contribution < -0.4 is 5.32 Å². The predicted octanol–water partition coefficient (Wildman–Crippen LogP) is 2.69. The van der Waals surface area contributed by atoms with Gasteiger partial charge in [0.1, 0.15) is 5.82 Å². The van der Waals surface area contributed by atoms with E-state index in [1.54, 1.807) is 0 Å². The van der Waals surface area contributed by atoms with Crippen molar-refractivity contribution in [1.82, 2.24) is 0 Å². The fourth-order valence-electron chi connectivity index (χ4n) is 1.35. The molecular weight excluding hydrogens is 286 g/mol. The second-order valence-corrected chi connectivity index (χ2v) is 6.33. The van der Waals surface area contributed by atoms with Crippen molar-refractivity contribution in [1.29, 1.82) is 0 Å². The van der Waals surface area contributed by atoms with Crippen molar-refractivity contribution in [2.75, 3.05) is 23.4 Å². The predicted molar refractivity (Wildman–Crippen MR) is 64.2 cm³/mol. The number of nitrogens with one attached hydrogen (secondary N) is 1. The zero-order valence-electron chi connectivity index (χ0n) is 10.1. The molecule has 1 N–H and O–H groups in total. The number of sulfone groups is 1. The molecule has 0 fully saturated rings. The van der Waals surface area contributed by atoms with Crippen LogP contribution in [0, 0.1) is 5.82 Å². The van der Waals surface area contributed by atoms with Gasteiger partial charge in [0.2, 0.25) is 0 Å². The van der Waals surface area contributed by atoms with Crippen LogP contribution in [0.2, 0.25) is 0 Å². The summed E-state index contributed by atoms with van der Waals surface area (Å²) in [4.78, 5) is 0. The van der Waals surface area contributed by atoms with Crippen molar-refractivity contribution in [3.63, 3.8) is 0 Å². The van der Waals surface area contributed by atoms with Gasteiger partial charge in [0.05, 0.1) is 11.3 Å². The molecule has 19 heavy (non-hydrogen) atoms. The first-order valence-electron chi connectivity index (χ1n) is 5.47. The number of halogens is 4. The van der Waals surface area contributed by atoms with Gasteiger partial charge in [-0.15, -0.1) is 0 Å². The standard InChI is InChI=1S/C11H13F4NO2S/c1-2-19(17,18)6-5-16-8-3-4-10(12)9(7-8)11(13,14)15/h3-4,7,16H,2,5-6H2,1H3. The number of rotatable bonds is 5. The molecule has 0 bridgehead atoms. The largest absolute Gasteiger partial charge is 0.419 e. The summed E-state index contributed by atoms with van der Waals surface area (Å²) in [5.74, 6) is -1.59. The van der Waals surface area contributed by atoms with E-state index in [0.29, 0.717) is 12.1 Å². The lowest BCUT2D eigenvalue weighted by molar-refractivity contribution is -0.139. The zero-order valence-corrected chi connectivity index (χ0v) is 10.9. The molecule has 1 aromatic carbocycles. The van der Waals surface area contributed by atoms with Crippen molar-refractivity contribution in [2.24, 2.45) is 0 Å². The van der Waals surface area contributed by atoms with E-state index < -0.39 is 27.4 Å². The molecule has 1 aromatic rings. The Hall–Kier alpha value is -1.31. The highest BCUT2D eigenvalue weighted by Crippen LogP contribution is 2.32. The lowest BCUT2D eigenvalue weighted by Crippen LogP contribution is -2.17. The Balaban J connectivity index is 2.76. The van der Waals surface area contributed by atoms with E-state index in [1.165, 1.54) is 6.92 Å². The monoisotopic (exact) mass is 299 g/mol. The molecular formula is C11H13F4NO2S. The van der Waals surface area contributed by atoms with Gasteiger partial charge in [0.15, 0.2) is 9.84 Å². The third-order valence-electron chi connectivity index (χ3n) is 2.45. The second kappa shape index (κ2) is 5.77. The summed E-state index contributed by atoms with van der Waals surface area (Å²) in [7, 11) is -3.20. The van der Waals surface area contributed by atoms with E-state index in [1.807, 2.05) is 0 Å². The number of benzene rings is 1. The minimum absolute atomic E-state index is 0.0278. The molecule has 1 rings (SSSR count). The van der Waals surface area contributed by atoms with Crippen molar-refractivity contribution in [2.45, 2.75) is 13.1 Å². The Labute approximate surface area is 108 Å². The van der Waals surface area contributed by atoms with E-state index in [-0.39, 0.29) is 23.7 Å². The average molecular weight is 299 g/mol. The van der Waals surface area contributed by atoms with Gasteiger partial charge < -0.3 is 5.32 Å². The van der Waals surface area contributed by atoms with Crippen molar-refractivity contribution in [3.05, 3.63) is 29.6 Å². The number of hydrogen-bond donors (Lipinski definition) is 1. The van der Waals surface area contributed by atoms with E-state index in [9.17, 15) is 26.0 Å². The Morgan fingerprint density at radius 2 is 1.89 bits per heavy atom. The Morgan fingerprint density at radius 3 is 2.42 bits per heavy atom. The maximum Gasteiger partial charge on any atom is 0.419 e. The zero-order chi connectivity index (χ0) is 14.7. The Bertz CT molecular complexity index is 540. The van der Waals surface area contributed by atoms with Gasteiger partial charge in [-0.3, -0.25) is 0 Å². The van der Waals surface area contributed by atoms with Gasteiger partial charge in [0, 0.05) is 18.0 Å². The summed E-state index contributed by atoms with van der Waals surface area (Å²) >= 11 is 0. The van der Waals surface area contributed by atoms with E-state index in [0.717, 1.165) is 6.07 Å². The summed E-state index contributed by atoms with van der Waals surface area (Å²) in [5.41, 5.74) is -1.35. The SMILES string of the molecule is CCS(=O)(=O)CCNc1ccc(F)c(C(F)(F)F)c1. The lowest BCUT2D eigenvalue weighted by atomic mass is 10.2. The van der Waals surface area contributed by atoms with Gasteiger partial charge in [-0.25, -0.2) is 12.8 Å². The van der Waals surface area contributed by atoms with Crippen molar-refractivity contribution < 1.29 is 26.0 Å². The maximum absolute atomic E-state index is 13.0. The molecule has 0 heterocycles. The lowest BCUT2D eigenvalue weighted by Gasteiger charge is -2.11. The molecule has 0 radical (unpaired) electrons. The van der Waals surface area contributed by atoms with E-state index >= 15 is 0 Å². The molecule has 3 nitrogen and oxygen atoms in total. The molecule has 0 saturated heterocycles. The van der Waals surface area contributed by atoms with Crippen LogP contribution in [-0.4, -0.2) is 26.5 Å². The molecule has 0 aliphatic heterocycles. The van der Waals surface area contributed by atoms with Gasteiger partial charge in [-0.05, 0) is 18.2 Å². The third kappa shape index (κ3) is 4.70. The van der Waals surface area contributed by atoms with Crippen molar-refractivity contribution in [3.8, 4) is 0 Å². The number of alkyl halides is 3. The quantitative estimate of drug-likeness (QED) is 0.850. The Morgan fingerprint density at radius 1 is 1.26 bits per heavy atom. The van der Waals surface area contributed by atoms with Crippen LogP contribution >= 0.6 is 0 Å². The minimum atomic E-state index is -4.78. The van der Waals surface area contributed by atoms with Crippen LogP contribution in [0.5, 0.6) is 0 Å². The third-order valence-corrected chi connectivity index (χ3v) is 4.16. The molecule has 0 amide bonds. The van der Waals surface area contributed by atoms with Crippen LogP contribution in [-0.2, 0) is 16.0 Å². The fourth-order valence-corrected chi connectivity index (χ4v) is 2.05. The average Bonchev–Trinajstić information content (AvgIpc) is 2.30. The molecule has 108 valence electrons. The van der Waals surface area contributed by atoms with Crippen LogP contribution in [0.4, 0.5) is 23.2 Å². The highest BCUT2D eigenvalue weighted by molar-refractivity contribution is 7.91. The summed E-state index contributed by atoms with van der Waals surface area (Å²) in [6, 6.07) is 2.44. The molecule has 0 spiro atoms. The molecule has 0 unspecified atom stereocenters. The molecule has 0 saturated carbocycles. The molecule has 0 aromatic heterocycles. The first kappa shape index (κ1) is 15.7. The van der Waals surface area contributed by atoms with Gasteiger partial charge >= 0.3 is 6.18 Å². The van der Waals surface area contributed by atoms with Crippen LogP contribution in [0.3, 0.4) is 0 Å². The fraction of sp³-hybridized carbons (Fsp3) is 0.455. The topological polar surface area (TPSA) is 46.2 Å². The number of anilines is 1. The van der Waals surface area contributed by atoms with Crippen molar-refractivity contribution >= 4 is 15.5 Å². The number of hydrogen-bond acceptors (Lipinski definition) is 3. The summed E-state index contributed by atoms with van der Waals surface area (Å²) < 4.78 is 72.7. The first-order valence-corrected chi connectivity index (χ1v) is 7.29. The summed E-state index contributed by atoms with van der Waals surface area (Å²) in [6.45, 7) is 1.45.